The number of ether oxygens (including phenoxy) is 1. The topological polar surface area (TPSA) is 71.2 Å². The van der Waals surface area contributed by atoms with Gasteiger partial charge in [-0.05, 0) is 43.5 Å². The molecule has 5 heteroatoms. The lowest BCUT2D eigenvalue weighted by atomic mass is 10.1. The average molecular weight is 350 g/mol. The van der Waals surface area contributed by atoms with Crippen molar-refractivity contribution >= 4 is 22.8 Å². The van der Waals surface area contributed by atoms with Crippen LogP contribution >= 0.6 is 0 Å². The van der Waals surface area contributed by atoms with Gasteiger partial charge in [0, 0.05) is 23.6 Å². The third kappa shape index (κ3) is 4.11. The molecule has 5 nitrogen and oxygen atoms in total. The molecule has 0 saturated heterocycles. The van der Waals surface area contributed by atoms with Gasteiger partial charge in [-0.1, -0.05) is 35.9 Å². The van der Waals surface area contributed by atoms with Gasteiger partial charge in [0.05, 0.1) is 5.56 Å². The molecular weight excluding hydrogens is 328 g/mol. The van der Waals surface area contributed by atoms with E-state index in [1.54, 1.807) is 6.07 Å². The molecule has 134 valence electrons. The molecule has 1 amide bonds. The van der Waals surface area contributed by atoms with Crippen LogP contribution in [-0.4, -0.2) is 30.0 Å². The molecule has 3 aromatic rings. The van der Waals surface area contributed by atoms with Gasteiger partial charge in [-0.3, -0.25) is 4.79 Å². The zero-order valence-electron chi connectivity index (χ0n) is 15.0. The van der Waals surface area contributed by atoms with Crippen LogP contribution in [0, 0.1) is 13.8 Å². The first-order valence-electron chi connectivity index (χ1n) is 8.60. The van der Waals surface area contributed by atoms with E-state index < -0.39 is 5.97 Å². The number of hydrogen-bond donors (Lipinski definition) is 2. The first-order chi connectivity index (χ1) is 12.5. The van der Waals surface area contributed by atoms with Crippen LogP contribution in [0.25, 0.3) is 10.9 Å². The van der Waals surface area contributed by atoms with E-state index in [9.17, 15) is 9.59 Å². The van der Waals surface area contributed by atoms with Gasteiger partial charge >= 0.3 is 5.97 Å². The Morgan fingerprint density at radius 3 is 2.73 bits per heavy atom. The van der Waals surface area contributed by atoms with Crippen LogP contribution in [0.15, 0.2) is 48.7 Å². The van der Waals surface area contributed by atoms with E-state index in [1.165, 1.54) is 0 Å². The maximum absolute atomic E-state index is 12.1. The van der Waals surface area contributed by atoms with Crippen molar-refractivity contribution in [1.82, 2.24) is 10.3 Å². The summed E-state index contributed by atoms with van der Waals surface area (Å²) in [6.07, 6.45) is 2.66. The number of para-hydroxylation sites is 1. The monoisotopic (exact) mass is 350 g/mol. The highest BCUT2D eigenvalue weighted by atomic mass is 16.5. The lowest BCUT2D eigenvalue weighted by molar-refractivity contribution is -0.124. The molecule has 0 unspecified atom stereocenters. The minimum atomic E-state index is -0.478. The summed E-state index contributed by atoms with van der Waals surface area (Å²) in [5.41, 5.74) is 4.63. The molecule has 2 aromatic carbocycles. The van der Waals surface area contributed by atoms with Gasteiger partial charge in [-0.15, -0.1) is 0 Å². The number of amides is 1. The fourth-order valence-electron chi connectivity index (χ4n) is 2.98. The van der Waals surface area contributed by atoms with E-state index in [0.717, 1.165) is 27.6 Å². The lowest BCUT2D eigenvalue weighted by Crippen LogP contribution is -2.30. The first kappa shape index (κ1) is 17.7. The maximum Gasteiger partial charge on any atom is 0.338 e. The number of rotatable bonds is 6. The number of aryl methyl sites for hydroxylation is 2. The third-order valence-electron chi connectivity index (χ3n) is 4.33. The number of aromatic amines is 1. The number of fused-ring (bicyclic) bond motifs is 1. The van der Waals surface area contributed by atoms with Crippen LogP contribution in [0.3, 0.4) is 0 Å². The molecule has 0 saturated carbocycles. The summed E-state index contributed by atoms with van der Waals surface area (Å²) < 4.78 is 5.11. The van der Waals surface area contributed by atoms with Crippen molar-refractivity contribution in [3.8, 4) is 0 Å². The van der Waals surface area contributed by atoms with E-state index in [2.05, 4.69) is 16.4 Å². The summed E-state index contributed by atoms with van der Waals surface area (Å²) in [6, 6.07) is 13.5. The number of benzene rings is 2. The highest BCUT2D eigenvalue weighted by molar-refractivity contribution is 5.92. The fraction of sp³-hybridized carbons (Fsp3) is 0.238. The first-order valence-corrected chi connectivity index (χ1v) is 8.60. The molecule has 2 N–H and O–H groups in total. The van der Waals surface area contributed by atoms with Crippen molar-refractivity contribution in [2.75, 3.05) is 13.2 Å². The lowest BCUT2D eigenvalue weighted by Gasteiger charge is -2.08. The largest absolute Gasteiger partial charge is 0.452 e. The quantitative estimate of drug-likeness (QED) is 0.670. The third-order valence-corrected chi connectivity index (χ3v) is 4.33. The van der Waals surface area contributed by atoms with Crippen LogP contribution in [-0.2, 0) is 16.0 Å². The summed E-state index contributed by atoms with van der Waals surface area (Å²) in [5, 5.41) is 3.94. The molecule has 0 radical (unpaired) electrons. The second-order valence-electron chi connectivity index (χ2n) is 6.35. The Morgan fingerprint density at radius 1 is 1.12 bits per heavy atom. The molecule has 0 fully saturated rings. The number of hydrogen-bond acceptors (Lipinski definition) is 3. The number of carbonyl (C=O) groups excluding carboxylic acids is 2. The Balaban J connectivity index is 1.46. The predicted octanol–water partition coefficient (Wildman–Crippen LogP) is 3.30. The van der Waals surface area contributed by atoms with Crippen molar-refractivity contribution in [3.63, 3.8) is 0 Å². The van der Waals surface area contributed by atoms with Crippen LogP contribution < -0.4 is 5.32 Å². The van der Waals surface area contributed by atoms with Crippen molar-refractivity contribution in [2.24, 2.45) is 0 Å². The van der Waals surface area contributed by atoms with Gasteiger partial charge in [0.2, 0.25) is 0 Å². The molecule has 0 aliphatic carbocycles. The second kappa shape index (κ2) is 7.87. The van der Waals surface area contributed by atoms with Crippen molar-refractivity contribution in [2.45, 2.75) is 20.3 Å². The maximum atomic E-state index is 12.1. The van der Waals surface area contributed by atoms with Crippen molar-refractivity contribution < 1.29 is 14.3 Å². The number of H-pyrrole nitrogens is 1. The molecule has 0 bridgehead atoms. The smallest absolute Gasteiger partial charge is 0.338 e. The van der Waals surface area contributed by atoms with E-state index in [4.69, 9.17) is 4.74 Å². The number of carbonyl (C=O) groups is 2. The minimum absolute atomic E-state index is 0.278. The van der Waals surface area contributed by atoms with Crippen molar-refractivity contribution in [3.05, 3.63) is 70.9 Å². The van der Waals surface area contributed by atoms with Gasteiger partial charge in [0.15, 0.2) is 6.61 Å². The average Bonchev–Trinajstić information content (AvgIpc) is 3.03. The Bertz CT molecular complexity index is 943. The number of nitrogens with one attached hydrogen (secondary N) is 2. The highest BCUT2D eigenvalue weighted by Gasteiger charge is 2.12. The van der Waals surface area contributed by atoms with E-state index in [-0.39, 0.29) is 12.5 Å². The molecule has 1 aromatic heterocycles. The van der Waals surface area contributed by atoms with Gasteiger partial charge in [0.25, 0.3) is 5.91 Å². The van der Waals surface area contributed by atoms with Crippen LogP contribution in [0.2, 0.25) is 0 Å². The minimum Gasteiger partial charge on any atom is -0.452 e. The zero-order valence-corrected chi connectivity index (χ0v) is 15.0. The Hall–Kier alpha value is -3.08. The van der Waals surface area contributed by atoms with Crippen LogP contribution in [0.1, 0.15) is 27.0 Å². The van der Waals surface area contributed by atoms with Crippen LogP contribution in [0.5, 0.6) is 0 Å². The summed E-state index contributed by atoms with van der Waals surface area (Å²) in [6.45, 7) is 4.02. The van der Waals surface area contributed by atoms with E-state index >= 15 is 0 Å². The Labute approximate surface area is 152 Å². The zero-order chi connectivity index (χ0) is 18.5. The van der Waals surface area contributed by atoms with Gasteiger partial charge in [-0.25, -0.2) is 4.79 Å². The second-order valence-corrected chi connectivity index (χ2v) is 6.35. The van der Waals surface area contributed by atoms with Gasteiger partial charge in [0.1, 0.15) is 0 Å². The highest BCUT2D eigenvalue weighted by Crippen LogP contribution is 2.17. The summed E-state index contributed by atoms with van der Waals surface area (Å²) in [7, 11) is 0. The number of aromatic nitrogens is 1. The van der Waals surface area contributed by atoms with Crippen molar-refractivity contribution in [1.29, 1.82) is 0 Å². The fourth-order valence-corrected chi connectivity index (χ4v) is 2.98. The summed E-state index contributed by atoms with van der Waals surface area (Å²) in [5.74, 6) is -0.780. The Morgan fingerprint density at radius 2 is 1.92 bits per heavy atom. The molecule has 0 atom stereocenters. The molecule has 26 heavy (non-hydrogen) atoms. The molecular formula is C21H22N2O3. The molecule has 1 heterocycles. The summed E-state index contributed by atoms with van der Waals surface area (Å²) >= 11 is 0. The molecule has 0 aliphatic rings. The van der Waals surface area contributed by atoms with Crippen LogP contribution in [0.4, 0.5) is 0 Å². The van der Waals surface area contributed by atoms with Gasteiger partial charge in [-0.2, -0.15) is 0 Å². The number of esters is 1. The molecule has 0 aliphatic heterocycles. The van der Waals surface area contributed by atoms with E-state index in [0.29, 0.717) is 18.5 Å². The molecule has 0 spiro atoms. The molecule has 3 rings (SSSR count). The predicted molar refractivity (Wildman–Crippen MR) is 101 cm³/mol. The van der Waals surface area contributed by atoms with E-state index in [1.807, 2.05) is 50.4 Å². The summed E-state index contributed by atoms with van der Waals surface area (Å²) in [4.78, 5) is 27.2. The Kier molecular flexibility index (Phi) is 5.37. The van der Waals surface area contributed by atoms with Gasteiger partial charge < -0.3 is 15.0 Å². The SMILES string of the molecule is Cc1ccc(C(=O)OCC(=O)NCCc2c[nH]c3ccccc23)c(C)c1. The standard InChI is InChI=1S/C21H22N2O3/c1-14-7-8-17(15(2)11-14)21(25)26-13-20(24)22-10-9-16-12-23-19-6-4-3-5-18(16)19/h3-8,11-12,23H,9-10,13H2,1-2H3,(H,22,24). The normalized spacial score (nSPS) is 10.7.